The van der Waals surface area contributed by atoms with Crippen molar-refractivity contribution in [3.05, 3.63) is 41.6 Å². The van der Waals surface area contributed by atoms with E-state index < -0.39 is 36.3 Å². The summed E-state index contributed by atoms with van der Waals surface area (Å²) in [5.74, 6) is -3.33. The third-order valence-corrected chi connectivity index (χ3v) is 3.57. The first kappa shape index (κ1) is 16.3. The van der Waals surface area contributed by atoms with Crippen LogP contribution in [0.15, 0.2) is 24.3 Å². The van der Waals surface area contributed by atoms with Gasteiger partial charge in [-0.05, 0) is 18.6 Å². The fourth-order valence-corrected chi connectivity index (χ4v) is 2.40. The van der Waals surface area contributed by atoms with Gasteiger partial charge in [0.2, 0.25) is 0 Å². The van der Waals surface area contributed by atoms with E-state index >= 15 is 0 Å². The number of nitrogens with one attached hydrogen (secondary N) is 1. The molecule has 0 aliphatic heterocycles. The normalized spacial score (nSPS) is 13.8. The number of halogens is 3. The first-order valence-electron chi connectivity index (χ1n) is 5.53. The van der Waals surface area contributed by atoms with E-state index in [9.17, 15) is 17.7 Å². The Bertz CT molecular complexity index is 406. The highest BCUT2D eigenvalue weighted by molar-refractivity contribution is 7.89. The molecule has 0 heterocycles. The fraction of sp³-hybridized carbons (Fsp3) is 0.417. The second kappa shape index (κ2) is 7.14. The van der Waals surface area contributed by atoms with E-state index in [1.54, 1.807) is 13.0 Å². The van der Waals surface area contributed by atoms with E-state index in [1.807, 2.05) is 0 Å². The van der Waals surface area contributed by atoms with Gasteiger partial charge in [-0.25, -0.2) is 13.2 Å². The van der Waals surface area contributed by atoms with Crippen LogP contribution in [0.3, 0.4) is 0 Å². The summed E-state index contributed by atoms with van der Waals surface area (Å²) in [5, 5.41) is 8.36. The van der Waals surface area contributed by atoms with Crippen LogP contribution in [0.5, 0.6) is 0 Å². The van der Waals surface area contributed by atoms with Crippen molar-refractivity contribution in [1.82, 2.24) is 4.72 Å². The van der Waals surface area contributed by atoms with Crippen molar-refractivity contribution >= 4 is 11.4 Å². The third-order valence-electron chi connectivity index (χ3n) is 2.40. The zero-order chi connectivity index (χ0) is 14.5. The van der Waals surface area contributed by atoms with Gasteiger partial charge in [0.05, 0.1) is 5.92 Å². The Morgan fingerprint density at radius 1 is 1.42 bits per heavy atom. The molecule has 1 radical (unpaired) electrons. The van der Waals surface area contributed by atoms with Crippen LogP contribution >= 0.6 is 0 Å². The first-order valence-corrected chi connectivity index (χ1v) is 6.85. The van der Waals surface area contributed by atoms with Crippen molar-refractivity contribution in [2.45, 2.75) is 12.8 Å². The van der Waals surface area contributed by atoms with E-state index in [0.29, 0.717) is 11.5 Å². The minimum Gasteiger partial charge on any atom is -0.598 e. The molecule has 1 atom stereocenters. The first-order chi connectivity index (χ1) is 8.85. The maximum Gasteiger partial charge on any atom is 0.287 e. The molecular weight excluding hydrogens is 279 g/mol. The molecule has 1 rings (SSSR count). The molecule has 19 heavy (non-hydrogen) atoms. The zero-order valence-corrected chi connectivity index (χ0v) is 11.1. The van der Waals surface area contributed by atoms with Gasteiger partial charge in [0.15, 0.2) is 0 Å². The molecule has 107 valence electrons. The van der Waals surface area contributed by atoms with E-state index in [1.165, 1.54) is 18.2 Å². The molecule has 0 saturated carbocycles. The van der Waals surface area contributed by atoms with Crippen LogP contribution in [0.1, 0.15) is 12.5 Å². The summed E-state index contributed by atoms with van der Waals surface area (Å²) in [4.78, 5) is 0. The molecule has 0 amide bonds. The van der Waals surface area contributed by atoms with Crippen molar-refractivity contribution in [3.63, 3.8) is 0 Å². The average Bonchev–Trinajstić information content (AvgIpc) is 2.37. The monoisotopic (exact) mass is 294 g/mol. The molecule has 0 saturated heterocycles. The summed E-state index contributed by atoms with van der Waals surface area (Å²) in [6, 6.07) is 5.97. The largest absolute Gasteiger partial charge is 0.598 e. The molecular formula is C12H15F3NO2S. The van der Waals surface area contributed by atoms with Crippen LogP contribution in [-0.2, 0) is 11.4 Å². The van der Waals surface area contributed by atoms with Crippen LogP contribution in [0, 0.1) is 11.7 Å². The number of aliphatic hydroxyl groups is 1. The number of aliphatic hydroxyl groups excluding tert-OH is 1. The molecule has 0 spiro atoms. The smallest absolute Gasteiger partial charge is 0.287 e. The van der Waals surface area contributed by atoms with Crippen molar-refractivity contribution in [2.24, 2.45) is 0 Å². The lowest BCUT2D eigenvalue weighted by atomic mass is 10.0. The predicted molar refractivity (Wildman–Crippen MR) is 67.5 cm³/mol. The lowest BCUT2D eigenvalue weighted by molar-refractivity contribution is -0.0437. The van der Waals surface area contributed by atoms with Crippen LogP contribution in [0.2, 0.25) is 0 Å². The molecule has 1 aromatic rings. The second-order valence-corrected chi connectivity index (χ2v) is 5.35. The van der Waals surface area contributed by atoms with E-state index in [2.05, 4.69) is 4.72 Å². The zero-order valence-electron chi connectivity index (χ0n) is 10.3. The molecule has 7 heteroatoms. The van der Waals surface area contributed by atoms with Crippen LogP contribution < -0.4 is 4.72 Å². The predicted octanol–water partition coefficient (Wildman–Crippen LogP) is 1.65. The Balaban J connectivity index is 2.49. The standard InChI is InChI=1S/C12H15F3NO2S/c1-9(10-4-2-3-5-11(10)13)6-19(18)16-7-12(14,15)8-17/h2-5,16-17H,6-8H2,1H3. The van der Waals surface area contributed by atoms with Gasteiger partial charge in [0, 0.05) is 11.4 Å². The van der Waals surface area contributed by atoms with Crippen molar-refractivity contribution in [2.75, 3.05) is 18.9 Å². The summed E-state index contributed by atoms with van der Waals surface area (Å²) in [6.07, 6.45) is 0. The maximum atomic E-state index is 13.4. The molecule has 0 aliphatic carbocycles. The molecule has 0 bridgehead atoms. The minimum absolute atomic E-state index is 0.0670. The van der Waals surface area contributed by atoms with Gasteiger partial charge >= 0.3 is 0 Å². The van der Waals surface area contributed by atoms with Gasteiger partial charge in [-0.1, -0.05) is 18.2 Å². The quantitative estimate of drug-likeness (QED) is 0.752. The number of hydrogen-bond donors (Lipinski definition) is 2. The molecule has 0 aliphatic rings. The highest BCUT2D eigenvalue weighted by atomic mass is 32.2. The van der Waals surface area contributed by atoms with Gasteiger partial charge in [-0.3, -0.25) is 0 Å². The molecule has 0 fully saturated rings. The van der Waals surface area contributed by atoms with Crippen molar-refractivity contribution in [3.8, 4) is 0 Å². The summed E-state index contributed by atoms with van der Waals surface area (Å²) < 4.78 is 52.5. The van der Waals surface area contributed by atoms with Crippen LogP contribution in [-0.4, -0.2) is 34.5 Å². The Morgan fingerprint density at radius 3 is 2.63 bits per heavy atom. The van der Waals surface area contributed by atoms with Crippen molar-refractivity contribution in [1.29, 1.82) is 0 Å². The lowest BCUT2D eigenvalue weighted by Gasteiger charge is -2.18. The van der Waals surface area contributed by atoms with Gasteiger partial charge < -0.3 is 9.66 Å². The Labute approximate surface area is 113 Å². The number of rotatable bonds is 7. The van der Waals surface area contributed by atoms with Gasteiger partial charge in [0.25, 0.3) is 5.92 Å². The van der Waals surface area contributed by atoms with Crippen molar-refractivity contribution < 1.29 is 22.8 Å². The number of benzene rings is 1. The summed E-state index contributed by atoms with van der Waals surface area (Å²) >= 11 is -1.75. The molecule has 2 N–H and O–H groups in total. The summed E-state index contributed by atoms with van der Waals surface area (Å²) in [6.45, 7) is -0.615. The average molecular weight is 294 g/mol. The van der Waals surface area contributed by atoms with E-state index in [4.69, 9.17) is 5.11 Å². The fourth-order valence-electron chi connectivity index (χ4n) is 1.37. The lowest BCUT2D eigenvalue weighted by Crippen LogP contribution is -2.40. The van der Waals surface area contributed by atoms with Crippen LogP contribution in [0.25, 0.3) is 0 Å². The van der Waals surface area contributed by atoms with Gasteiger partial charge in [0.1, 0.15) is 24.7 Å². The number of hydrogen-bond acceptors (Lipinski definition) is 3. The molecule has 1 aromatic carbocycles. The SMILES string of the molecule is C[C](C[S+]([O-])NCC(F)(F)CO)c1ccccc1F. The van der Waals surface area contributed by atoms with E-state index in [-0.39, 0.29) is 5.75 Å². The van der Waals surface area contributed by atoms with Crippen LogP contribution in [0.4, 0.5) is 13.2 Å². The topological polar surface area (TPSA) is 55.3 Å². The minimum atomic E-state index is -3.32. The molecule has 1 unspecified atom stereocenters. The summed E-state index contributed by atoms with van der Waals surface area (Å²) in [7, 11) is 0. The maximum absolute atomic E-state index is 13.4. The van der Waals surface area contributed by atoms with Gasteiger partial charge in [-0.15, -0.1) is 4.72 Å². The number of alkyl halides is 2. The molecule has 3 nitrogen and oxygen atoms in total. The highest BCUT2D eigenvalue weighted by Crippen LogP contribution is 2.19. The van der Waals surface area contributed by atoms with Gasteiger partial charge in [-0.2, -0.15) is 0 Å². The van der Waals surface area contributed by atoms with E-state index in [0.717, 1.165) is 0 Å². The second-order valence-electron chi connectivity index (χ2n) is 4.09. The third kappa shape index (κ3) is 5.40. The Hall–Kier alpha value is -0.760. The molecule has 0 aromatic heterocycles. The Kier molecular flexibility index (Phi) is 6.12. The highest BCUT2D eigenvalue weighted by Gasteiger charge is 2.30. The Morgan fingerprint density at radius 2 is 2.05 bits per heavy atom. The summed E-state index contributed by atoms with van der Waals surface area (Å²) in [5.41, 5.74) is 0.312.